The molecule has 0 bridgehead atoms. The zero-order valence-electron chi connectivity index (χ0n) is 15.9. The minimum atomic E-state index is -0.180. The number of aromatic nitrogens is 2. The Labute approximate surface area is 186 Å². The smallest absolute Gasteiger partial charge is 0.262 e. The summed E-state index contributed by atoms with van der Waals surface area (Å²) in [5, 5.41) is 1.44. The van der Waals surface area contributed by atoms with Crippen molar-refractivity contribution in [3.05, 3.63) is 54.9 Å². The van der Waals surface area contributed by atoms with Gasteiger partial charge in [-0.25, -0.2) is 4.98 Å². The molecular formula is C19H19Cl2N3O3S2. The molecule has 0 aliphatic rings. The molecule has 0 aliphatic carbocycles. The lowest BCUT2D eigenvalue weighted by molar-refractivity contribution is -0.127. The maximum atomic E-state index is 12.9. The van der Waals surface area contributed by atoms with Gasteiger partial charge in [-0.2, -0.15) is 0 Å². The molecule has 0 saturated heterocycles. The second-order valence-corrected chi connectivity index (χ2v) is 9.43. The standard InChI is InChI=1S/C19H19Cl2N3O3S2/c1-23(10-13-4-6-16(21)29-13)17(25)11-28-19-22-15-9-12(20)3-5-14(15)18(26)24(19)7-8-27-2/h3-6,9H,7-8,10-11H2,1-2H3. The van der Waals surface area contributed by atoms with Gasteiger partial charge in [-0.15, -0.1) is 11.3 Å². The van der Waals surface area contributed by atoms with Gasteiger partial charge in [0.25, 0.3) is 5.56 Å². The van der Waals surface area contributed by atoms with Gasteiger partial charge in [-0.3, -0.25) is 14.2 Å². The Balaban J connectivity index is 1.80. The molecule has 2 heterocycles. The zero-order chi connectivity index (χ0) is 21.0. The van der Waals surface area contributed by atoms with E-state index in [0.717, 1.165) is 4.88 Å². The quantitative estimate of drug-likeness (QED) is 0.364. The molecule has 0 atom stereocenters. The van der Waals surface area contributed by atoms with Crippen LogP contribution in [0.3, 0.4) is 0 Å². The summed E-state index contributed by atoms with van der Waals surface area (Å²) in [7, 11) is 3.31. The molecule has 10 heteroatoms. The third kappa shape index (κ3) is 5.52. The lowest BCUT2D eigenvalue weighted by Crippen LogP contribution is -2.29. The number of halogens is 2. The Kier molecular flexibility index (Phi) is 7.59. The van der Waals surface area contributed by atoms with Crippen LogP contribution in [0.5, 0.6) is 0 Å². The van der Waals surface area contributed by atoms with E-state index in [1.807, 2.05) is 12.1 Å². The van der Waals surface area contributed by atoms with E-state index >= 15 is 0 Å². The number of thiophene rings is 1. The number of amides is 1. The number of hydrogen-bond donors (Lipinski definition) is 0. The number of methoxy groups -OCH3 is 1. The lowest BCUT2D eigenvalue weighted by Gasteiger charge is -2.17. The maximum Gasteiger partial charge on any atom is 0.262 e. The normalized spacial score (nSPS) is 11.2. The van der Waals surface area contributed by atoms with E-state index in [2.05, 4.69) is 4.98 Å². The molecule has 3 rings (SSSR count). The molecule has 0 saturated carbocycles. The Morgan fingerprint density at radius 3 is 2.79 bits per heavy atom. The fourth-order valence-electron chi connectivity index (χ4n) is 2.66. The first kappa shape index (κ1) is 22.1. The predicted octanol–water partition coefficient (Wildman–Crippen LogP) is 4.16. The molecule has 0 radical (unpaired) electrons. The molecule has 1 aromatic carbocycles. The Morgan fingerprint density at radius 2 is 2.10 bits per heavy atom. The third-order valence-electron chi connectivity index (χ3n) is 4.17. The van der Waals surface area contributed by atoms with E-state index in [1.54, 1.807) is 37.3 Å². The van der Waals surface area contributed by atoms with E-state index in [9.17, 15) is 9.59 Å². The van der Waals surface area contributed by atoms with Gasteiger partial charge in [0.2, 0.25) is 5.91 Å². The van der Waals surface area contributed by atoms with E-state index in [0.29, 0.717) is 45.1 Å². The highest BCUT2D eigenvalue weighted by Gasteiger charge is 2.16. The van der Waals surface area contributed by atoms with Crippen molar-refractivity contribution < 1.29 is 9.53 Å². The SMILES string of the molecule is COCCn1c(SCC(=O)N(C)Cc2ccc(Cl)s2)nc2cc(Cl)ccc2c1=O. The number of carbonyl (C=O) groups is 1. The Hall–Kier alpha value is -1.58. The highest BCUT2D eigenvalue weighted by atomic mass is 35.5. The van der Waals surface area contributed by atoms with Crippen LogP contribution in [-0.2, 0) is 22.6 Å². The van der Waals surface area contributed by atoms with E-state index in [4.69, 9.17) is 27.9 Å². The predicted molar refractivity (Wildman–Crippen MR) is 119 cm³/mol. The molecule has 2 aromatic heterocycles. The first-order chi connectivity index (χ1) is 13.9. The van der Waals surface area contributed by atoms with Gasteiger partial charge >= 0.3 is 0 Å². The first-order valence-electron chi connectivity index (χ1n) is 8.69. The van der Waals surface area contributed by atoms with Crippen LogP contribution in [0.15, 0.2) is 40.3 Å². The number of fused-ring (bicyclic) bond motifs is 1. The topological polar surface area (TPSA) is 64.4 Å². The van der Waals surface area contributed by atoms with Crippen LogP contribution in [0, 0.1) is 0 Å². The van der Waals surface area contributed by atoms with Gasteiger partial charge in [0.05, 0.1) is 40.7 Å². The summed E-state index contributed by atoms with van der Waals surface area (Å²) in [4.78, 5) is 32.7. The Bertz CT molecular complexity index is 1080. The monoisotopic (exact) mass is 471 g/mol. The summed E-state index contributed by atoms with van der Waals surface area (Å²) in [6.45, 7) is 1.19. The minimum absolute atomic E-state index is 0.0711. The summed E-state index contributed by atoms with van der Waals surface area (Å²) in [6.07, 6.45) is 0. The molecule has 154 valence electrons. The van der Waals surface area contributed by atoms with Crippen molar-refractivity contribution in [2.24, 2.45) is 0 Å². The lowest BCUT2D eigenvalue weighted by atomic mass is 10.2. The zero-order valence-corrected chi connectivity index (χ0v) is 19.0. The minimum Gasteiger partial charge on any atom is -0.383 e. The van der Waals surface area contributed by atoms with Gasteiger partial charge in [0.15, 0.2) is 5.16 Å². The van der Waals surface area contributed by atoms with Crippen LogP contribution in [0.1, 0.15) is 4.88 Å². The van der Waals surface area contributed by atoms with Crippen molar-refractivity contribution >= 4 is 63.1 Å². The largest absolute Gasteiger partial charge is 0.383 e. The van der Waals surface area contributed by atoms with Crippen molar-refractivity contribution in [1.29, 1.82) is 0 Å². The van der Waals surface area contributed by atoms with Crippen LogP contribution in [0.4, 0.5) is 0 Å². The number of nitrogens with zero attached hydrogens (tertiary/aromatic N) is 3. The first-order valence-corrected chi connectivity index (χ1v) is 11.2. The van der Waals surface area contributed by atoms with Crippen LogP contribution in [-0.4, -0.2) is 46.9 Å². The molecule has 6 nitrogen and oxygen atoms in total. The fourth-order valence-corrected chi connectivity index (χ4v) is 4.93. The molecule has 0 aliphatic heterocycles. The molecule has 1 amide bonds. The molecule has 0 fully saturated rings. The van der Waals surface area contributed by atoms with Gasteiger partial charge in [0, 0.05) is 24.1 Å². The number of thioether (sulfide) groups is 1. The van der Waals surface area contributed by atoms with Crippen molar-refractivity contribution in [2.45, 2.75) is 18.2 Å². The van der Waals surface area contributed by atoms with Crippen molar-refractivity contribution in [3.8, 4) is 0 Å². The summed E-state index contributed by atoms with van der Waals surface area (Å²) in [5.41, 5.74) is 0.327. The van der Waals surface area contributed by atoms with Crippen LogP contribution in [0.2, 0.25) is 9.36 Å². The number of carbonyl (C=O) groups excluding carboxylic acids is 1. The summed E-state index contributed by atoms with van der Waals surface area (Å²) in [6, 6.07) is 8.69. The van der Waals surface area contributed by atoms with E-state index in [-0.39, 0.29) is 17.2 Å². The number of rotatable bonds is 8. The van der Waals surface area contributed by atoms with Crippen molar-refractivity contribution in [1.82, 2.24) is 14.5 Å². The molecule has 0 spiro atoms. The van der Waals surface area contributed by atoms with Crippen molar-refractivity contribution in [3.63, 3.8) is 0 Å². The second-order valence-electron chi connectivity index (χ2n) is 6.25. The van der Waals surface area contributed by atoms with E-state index < -0.39 is 0 Å². The number of hydrogen-bond acceptors (Lipinski definition) is 6. The molecule has 3 aromatic rings. The van der Waals surface area contributed by atoms with Crippen LogP contribution in [0.25, 0.3) is 10.9 Å². The Morgan fingerprint density at radius 1 is 1.31 bits per heavy atom. The molecule has 29 heavy (non-hydrogen) atoms. The average molecular weight is 472 g/mol. The summed E-state index contributed by atoms with van der Waals surface area (Å²) >= 11 is 14.7. The fraction of sp³-hybridized carbons (Fsp3) is 0.316. The number of ether oxygens (including phenoxy) is 1. The number of benzene rings is 1. The van der Waals surface area contributed by atoms with Crippen LogP contribution < -0.4 is 5.56 Å². The van der Waals surface area contributed by atoms with Crippen LogP contribution >= 0.6 is 46.3 Å². The molecular weight excluding hydrogens is 453 g/mol. The third-order valence-corrected chi connectivity index (χ3v) is 6.59. The highest BCUT2D eigenvalue weighted by molar-refractivity contribution is 7.99. The summed E-state index contributed by atoms with van der Waals surface area (Å²) < 4.78 is 7.35. The second kappa shape index (κ2) is 9.95. The van der Waals surface area contributed by atoms with Gasteiger partial charge < -0.3 is 9.64 Å². The average Bonchev–Trinajstić information content (AvgIpc) is 3.09. The van der Waals surface area contributed by atoms with Gasteiger partial charge in [-0.1, -0.05) is 35.0 Å². The maximum absolute atomic E-state index is 12.9. The van der Waals surface area contributed by atoms with Gasteiger partial charge in [0.1, 0.15) is 0 Å². The summed E-state index contributed by atoms with van der Waals surface area (Å²) in [5.74, 6) is 0.0828. The van der Waals surface area contributed by atoms with E-state index in [1.165, 1.54) is 27.7 Å². The van der Waals surface area contributed by atoms with Crippen molar-refractivity contribution in [2.75, 3.05) is 26.5 Å². The molecule has 0 unspecified atom stereocenters. The van der Waals surface area contributed by atoms with Gasteiger partial charge in [-0.05, 0) is 30.3 Å². The molecule has 0 N–H and O–H groups in total. The highest BCUT2D eigenvalue weighted by Crippen LogP contribution is 2.24.